The minimum Gasteiger partial charge on any atom is -0.463 e. The first-order valence-corrected chi connectivity index (χ1v) is 21.1. The van der Waals surface area contributed by atoms with Gasteiger partial charge in [-0.1, -0.05) is 190 Å². The Morgan fingerprint density at radius 2 is 1.08 bits per heavy atom. The number of ether oxygens (including phenoxy) is 2. The van der Waals surface area contributed by atoms with Crippen LogP contribution in [0.5, 0.6) is 0 Å². The smallest absolute Gasteiger partial charge is 0.305 e. The van der Waals surface area contributed by atoms with Gasteiger partial charge in [-0.2, -0.15) is 0 Å². The minimum absolute atomic E-state index is 0.176. The Labute approximate surface area is 324 Å². The van der Waals surface area contributed by atoms with E-state index in [9.17, 15) is 24.9 Å². The quantitative estimate of drug-likeness (QED) is 0.0253. The number of esters is 2. The van der Waals surface area contributed by atoms with Crippen LogP contribution >= 0.6 is 0 Å². The largest absolute Gasteiger partial charge is 0.463 e. The molecule has 0 bridgehead atoms. The molecule has 0 radical (unpaired) electrons. The van der Waals surface area contributed by atoms with E-state index in [2.05, 4.69) is 20.8 Å². The fourth-order valence-electron chi connectivity index (χ4n) is 5.57. The van der Waals surface area contributed by atoms with Crippen LogP contribution in [0.15, 0.2) is 72.9 Å². The van der Waals surface area contributed by atoms with E-state index in [-0.39, 0.29) is 25.6 Å². The van der Waals surface area contributed by atoms with Crippen molar-refractivity contribution in [3.05, 3.63) is 72.9 Å². The lowest BCUT2D eigenvalue weighted by Gasteiger charge is -2.12. The molecule has 0 aliphatic heterocycles. The zero-order valence-electron chi connectivity index (χ0n) is 33.9. The van der Waals surface area contributed by atoms with Crippen LogP contribution in [0.25, 0.3) is 0 Å². The van der Waals surface area contributed by atoms with E-state index < -0.39 is 24.3 Å². The van der Waals surface area contributed by atoms with Crippen LogP contribution in [-0.4, -0.2) is 58.8 Å². The summed E-state index contributed by atoms with van der Waals surface area (Å²) in [7, 11) is 0. The third-order valence-electron chi connectivity index (χ3n) is 9.17. The van der Waals surface area contributed by atoms with Gasteiger partial charge in [0.2, 0.25) is 0 Å². The highest BCUT2D eigenvalue weighted by Gasteiger charge is 2.12. The lowest BCUT2D eigenvalue weighted by Crippen LogP contribution is -2.25. The molecule has 0 amide bonds. The van der Waals surface area contributed by atoms with Gasteiger partial charge in [-0.3, -0.25) is 9.59 Å². The van der Waals surface area contributed by atoms with Crippen molar-refractivity contribution in [2.75, 3.05) is 13.2 Å². The Hall–Kier alpha value is -2.74. The molecule has 0 saturated carbocycles. The Morgan fingerprint density at radius 3 is 1.62 bits per heavy atom. The molecule has 0 heterocycles. The summed E-state index contributed by atoms with van der Waals surface area (Å²) in [5, 5.41) is 29.9. The molecule has 7 nitrogen and oxygen atoms in total. The molecule has 0 aromatic rings. The summed E-state index contributed by atoms with van der Waals surface area (Å²) in [6, 6.07) is 0. The molecule has 304 valence electrons. The fourth-order valence-corrected chi connectivity index (χ4v) is 5.57. The van der Waals surface area contributed by atoms with Gasteiger partial charge >= 0.3 is 11.9 Å². The van der Waals surface area contributed by atoms with Gasteiger partial charge in [0.15, 0.2) is 0 Å². The van der Waals surface area contributed by atoms with E-state index in [0.29, 0.717) is 25.7 Å². The van der Waals surface area contributed by atoms with Crippen LogP contribution < -0.4 is 0 Å². The third kappa shape index (κ3) is 38.8. The van der Waals surface area contributed by atoms with Crippen LogP contribution in [0, 0.1) is 5.92 Å². The normalized spacial score (nSPS) is 14.8. The average molecular weight is 743 g/mol. The van der Waals surface area contributed by atoms with Gasteiger partial charge in [0, 0.05) is 12.8 Å². The number of carbonyl (C=O) groups excluding carboxylic acids is 2. The van der Waals surface area contributed by atoms with Gasteiger partial charge in [0.05, 0.1) is 12.2 Å². The van der Waals surface area contributed by atoms with Gasteiger partial charge in [-0.25, -0.2) is 0 Å². The summed E-state index contributed by atoms with van der Waals surface area (Å²) in [6.45, 7) is 6.33. The van der Waals surface area contributed by atoms with Crippen molar-refractivity contribution in [1.29, 1.82) is 0 Å². The van der Waals surface area contributed by atoms with Crippen LogP contribution in [-0.2, 0) is 19.1 Å². The van der Waals surface area contributed by atoms with Gasteiger partial charge in [-0.15, -0.1) is 0 Å². The third-order valence-corrected chi connectivity index (χ3v) is 9.17. The molecular formula is C46H78O7. The first kappa shape index (κ1) is 50.3. The summed E-state index contributed by atoms with van der Waals surface area (Å²) in [4.78, 5) is 24.0. The zero-order valence-corrected chi connectivity index (χ0v) is 33.9. The minimum atomic E-state index is -1.04. The molecular weight excluding hydrogens is 664 g/mol. The molecule has 53 heavy (non-hydrogen) atoms. The lowest BCUT2D eigenvalue weighted by molar-refractivity contribution is -0.152. The number of hydrogen-bond acceptors (Lipinski definition) is 7. The summed E-state index contributed by atoms with van der Waals surface area (Å²) in [5.74, 6) is 0.147. The second kappa shape index (κ2) is 39.0. The molecule has 4 atom stereocenters. The Morgan fingerprint density at radius 1 is 0.566 bits per heavy atom. The Bertz CT molecular complexity index is 1020. The van der Waals surface area contributed by atoms with Crippen molar-refractivity contribution >= 4 is 11.9 Å². The van der Waals surface area contributed by atoms with Gasteiger partial charge in [0.25, 0.3) is 0 Å². The average Bonchev–Trinajstić information content (AvgIpc) is 3.15. The van der Waals surface area contributed by atoms with E-state index in [0.717, 1.165) is 38.0 Å². The summed E-state index contributed by atoms with van der Waals surface area (Å²) in [6.07, 6.45) is 44.6. The van der Waals surface area contributed by atoms with E-state index in [4.69, 9.17) is 9.47 Å². The molecule has 0 rings (SSSR count). The van der Waals surface area contributed by atoms with E-state index in [1.54, 1.807) is 24.3 Å². The molecule has 0 fully saturated rings. The second-order valence-corrected chi connectivity index (χ2v) is 14.4. The molecule has 0 spiro atoms. The van der Waals surface area contributed by atoms with Crippen LogP contribution in [0.3, 0.4) is 0 Å². The summed E-state index contributed by atoms with van der Waals surface area (Å²) in [5.41, 5.74) is 0. The molecule has 3 N–H and O–H groups in total. The predicted octanol–water partition coefficient (Wildman–Crippen LogP) is 11.1. The summed E-state index contributed by atoms with van der Waals surface area (Å²) < 4.78 is 10.3. The number of rotatable bonds is 36. The van der Waals surface area contributed by atoms with Gasteiger partial charge in [0.1, 0.15) is 19.3 Å². The second-order valence-electron chi connectivity index (χ2n) is 14.4. The first-order valence-electron chi connectivity index (χ1n) is 21.1. The highest BCUT2D eigenvalue weighted by atomic mass is 16.6. The predicted molar refractivity (Wildman–Crippen MR) is 221 cm³/mol. The van der Waals surface area contributed by atoms with E-state index >= 15 is 0 Å². The monoisotopic (exact) mass is 743 g/mol. The lowest BCUT2D eigenvalue weighted by atomic mass is 9.99. The number of aliphatic hydroxyl groups is 3. The van der Waals surface area contributed by atoms with Crippen molar-refractivity contribution in [3.8, 4) is 0 Å². The summed E-state index contributed by atoms with van der Waals surface area (Å²) >= 11 is 0. The molecule has 7 heteroatoms. The van der Waals surface area contributed by atoms with Gasteiger partial charge in [-0.05, 0) is 44.4 Å². The number of unbranched alkanes of at least 4 members (excludes halogenated alkanes) is 14. The SMILES string of the molecule is CC/C=C\C[C@@H](O)/C=C/C=C\C/C=C\C=C\[C@@H](O)/C=C\CCCC(=O)OC[C@@H](O)COC(=O)CCCCCCCCCCCCCCCCC(C)CC. The molecule has 0 aromatic heterocycles. The molecule has 0 aromatic carbocycles. The van der Waals surface area contributed by atoms with Crippen molar-refractivity contribution in [2.24, 2.45) is 5.92 Å². The molecule has 0 aliphatic rings. The number of hydrogen-bond donors (Lipinski definition) is 3. The topological polar surface area (TPSA) is 113 Å². The van der Waals surface area contributed by atoms with Crippen LogP contribution in [0.4, 0.5) is 0 Å². The van der Waals surface area contributed by atoms with E-state index in [1.165, 1.54) is 83.5 Å². The molecule has 0 aliphatic carbocycles. The van der Waals surface area contributed by atoms with Crippen molar-refractivity contribution < 1.29 is 34.4 Å². The molecule has 1 unspecified atom stereocenters. The number of carbonyl (C=O) groups is 2. The zero-order chi connectivity index (χ0) is 39.0. The van der Waals surface area contributed by atoms with E-state index in [1.807, 2.05) is 48.6 Å². The maximum absolute atomic E-state index is 12.0. The van der Waals surface area contributed by atoms with Crippen molar-refractivity contribution in [1.82, 2.24) is 0 Å². The number of allylic oxidation sites excluding steroid dienone is 8. The molecule has 0 saturated heterocycles. The van der Waals surface area contributed by atoms with Crippen LogP contribution in [0.1, 0.15) is 168 Å². The Kier molecular flexibility index (Phi) is 37.0. The fraction of sp³-hybridized carbons (Fsp3) is 0.696. The van der Waals surface area contributed by atoms with Crippen molar-refractivity contribution in [3.63, 3.8) is 0 Å². The Balaban J connectivity index is 3.69. The maximum Gasteiger partial charge on any atom is 0.305 e. The van der Waals surface area contributed by atoms with Gasteiger partial charge < -0.3 is 24.8 Å². The first-order chi connectivity index (χ1) is 25.8. The highest BCUT2D eigenvalue weighted by Crippen LogP contribution is 2.16. The standard InChI is InChI=1S/C46H78O7/c1-4-6-25-33-42(47)34-27-21-17-15-18-22-28-35-43(48)36-29-24-31-38-46(51)53-40-44(49)39-52-45(50)37-30-23-19-14-12-10-8-7-9-11-13-16-20-26-32-41(3)5-2/h6,17-18,21-22,25,27-29,34-36,41-44,47-49H,4-5,7-16,19-20,23-24,26,30-33,37-40H2,1-3H3/b21-17-,22-18-,25-6-,34-27+,35-28+,36-29-/t41?,42-,43-,44+/m1/s1. The highest BCUT2D eigenvalue weighted by molar-refractivity contribution is 5.69. The number of aliphatic hydroxyl groups excluding tert-OH is 3. The van der Waals surface area contributed by atoms with Crippen molar-refractivity contribution in [2.45, 2.75) is 187 Å². The van der Waals surface area contributed by atoms with Crippen LogP contribution in [0.2, 0.25) is 0 Å². The maximum atomic E-state index is 12.0.